The quantitative estimate of drug-likeness (QED) is 0.249. The first kappa shape index (κ1) is 26.9. The van der Waals surface area contributed by atoms with Gasteiger partial charge < -0.3 is 15.0 Å². The zero-order valence-electron chi connectivity index (χ0n) is 24.1. The first-order valence-corrected chi connectivity index (χ1v) is 14.8. The number of nitrogens with one attached hydrogen (secondary N) is 1. The van der Waals surface area contributed by atoms with Gasteiger partial charge in [0.1, 0.15) is 17.2 Å². The van der Waals surface area contributed by atoms with E-state index in [4.69, 9.17) is 4.74 Å². The zero-order valence-corrected chi connectivity index (χ0v) is 24.1. The summed E-state index contributed by atoms with van der Waals surface area (Å²) in [5, 5.41) is 3.10. The molecule has 4 aromatic rings. The maximum absolute atomic E-state index is 14.9. The Morgan fingerprint density at radius 1 is 0.860 bits per heavy atom. The monoisotopic (exact) mass is 568 g/mol. The molecule has 0 aromatic heterocycles. The highest BCUT2D eigenvalue weighted by Crippen LogP contribution is 2.62. The first-order valence-electron chi connectivity index (χ1n) is 14.8. The smallest absolute Gasteiger partial charge is 0.238 e. The average molecular weight is 569 g/mol. The molecule has 6 heteroatoms. The van der Waals surface area contributed by atoms with E-state index in [0.29, 0.717) is 29.2 Å². The Labute approximate surface area is 251 Å². The van der Waals surface area contributed by atoms with E-state index in [9.17, 15) is 14.4 Å². The zero-order chi connectivity index (χ0) is 29.7. The predicted molar refractivity (Wildman–Crippen MR) is 166 cm³/mol. The molecule has 1 spiro atoms. The molecule has 4 atom stereocenters. The van der Waals surface area contributed by atoms with E-state index in [1.165, 1.54) is 0 Å². The molecule has 7 rings (SSSR count). The molecule has 1 N–H and O–H groups in total. The van der Waals surface area contributed by atoms with Crippen molar-refractivity contribution in [2.24, 2.45) is 5.92 Å². The number of Topliss-reactive ketones (excluding diaryl/α,β-unsaturated/α-hetero) is 2. The van der Waals surface area contributed by atoms with Gasteiger partial charge in [-0.15, -0.1) is 0 Å². The molecule has 0 radical (unpaired) electrons. The van der Waals surface area contributed by atoms with Crippen LogP contribution >= 0.6 is 0 Å². The van der Waals surface area contributed by atoms with Crippen LogP contribution in [0.15, 0.2) is 103 Å². The SMILES string of the molecule is CCCOc1ccc(C(=O)[C@H]2[C@H](C(=O)c3ccc(C)cc3)N3C=Cc4ccccc4[C@@H]3[C@]23C(=O)Nc2ccccc23)cc1. The second-order valence-corrected chi connectivity index (χ2v) is 11.6. The van der Waals surface area contributed by atoms with Crippen molar-refractivity contribution in [3.05, 3.63) is 137 Å². The molecule has 3 heterocycles. The molecule has 4 aromatic carbocycles. The van der Waals surface area contributed by atoms with Gasteiger partial charge in [0.25, 0.3) is 0 Å². The number of carbonyl (C=O) groups is 3. The van der Waals surface area contributed by atoms with Crippen LogP contribution in [-0.4, -0.2) is 35.0 Å². The van der Waals surface area contributed by atoms with Crippen LogP contribution in [0, 0.1) is 12.8 Å². The highest BCUT2D eigenvalue weighted by molar-refractivity contribution is 6.16. The first-order chi connectivity index (χ1) is 20.9. The molecule has 0 bridgehead atoms. The lowest BCUT2D eigenvalue weighted by molar-refractivity contribution is -0.122. The van der Waals surface area contributed by atoms with Crippen molar-refractivity contribution in [1.29, 1.82) is 0 Å². The Balaban J connectivity index is 1.47. The number of rotatable bonds is 7. The Morgan fingerprint density at radius 2 is 1.53 bits per heavy atom. The number of ketones is 2. The molecule has 43 heavy (non-hydrogen) atoms. The summed E-state index contributed by atoms with van der Waals surface area (Å²) in [5.74, 6) is -1.04. The topological polar surface area (TPSA) is 75.7 Å². The average Bonchev–Trinajstić information content (AvgIpc) is 3.52. The molecule has 3 aliphatic heterocycles. The third kappa shape index (κ3) is 4.04. The van der Waals surface area contributed by atoms with Crippen LogP contribution in [0.5, 0.6) is 5.75 Å². The third-order valence-corrected chi connectivity index (χ3v) is 9.07. The van der Waals surface area contributed by atoms with Gasteiger partial charge >= 0.3 is 0 Å². The molecule has 1 amide bonds. The third-order valence-electron chi connectivity index (χ3n) is 9.07. The maximum atomic E-state index is 14.9. The highest BCUT2D eigenvalue weighted by Gasteiger charge is 2.70. The Bertz CT molecular complexity index is 1780. The minimum Gasteiger partial charge on any atom is -0.494 e. The summed E-state index contributed by atoms with van der Waals surface area (Å²) in [6.45, 7) is 4.58. The fourth-order valence-corrected chi connectivity index (χ4v) is 7.17. The van der Waals surface area contributed by atoms with Crippen LogP contribution in [0.3, 0.4) is 0 Å². The van der Waals surface area contributed by atoms with Crippen molar-refractivity contribution in [1.82, 2.24) is 4.90 Å². The number of anilines is 1. The van der Waals surface area contributed by atoms with Gasteiger partial charge in [0.15, 0.2) is 11.6 Å². The fourth-order valence-electron chi connectivity index (χ4n) is 7.17. The number of hydrogen-bond donors (Lipinski definition) is 1. The summed E-state index contributed by atoms with van der Waals surface area (Å²) in [6.07, 6.45) is 4.74. The molecule has 3 aliphatic rings. The van der Waals surface area contributed by atoms with Crippen molar-refractivity contribution >= 4 is 29.2 Å². The Kier molecular flexibility index (Phi) is 6.50. The minimum atomic E-state index is -1.35. The lowest BCUT2D eigenvalue weighted by Gasteiger charge is -2.38. The molecule has 1 fully saturated rings. The van der Waals surface area contributed by atoms with Crippen LogP contribution in [0.25, 0.3) is 6.08 Å². The molecule has 1 saturated heterocycles. The number of para-hydroxylation sites is 1. The second kappa shape index (κ2) is 10.4. The molecule has 6 nitrogen and oxygen atoms in total. The highest BCUT2D eigenvalue weighted by atomic mass is 16.5. The van der Waals surface area contributed by atoms with Gasteiger partial charge in [-0.2, -0.15) is 0 Å². The van der Waals surface area contributed by atoms with Crippen molar-refractivity contribution in [3.8, 4) is 5.75 Å². The number of amides is 1. The molecule has 0 aliphatic carbocycles. The molecule has 0 unspecified atom stereocenters. The largest absolute Gasteiger partial charge is 0.494 e. The lowest BCUT2D eigenvalue weighted by Crippen LogP contribution is -2.49. The molecule has 214 valence electrons. The van der Waals surface area contributed by atoms with E-state index < -0.39 is 23.4 Å². The minimum absolute atomic E-state index is 0.190. The number of hydrogen-bond acceptors (Lipinski definition) is 5. The summed E-state index contributed by atoms with van der Waals surface area (Å²) in [6, 6.07) is 28.5. The van der Waals surface area contributed by atoms with Gasteiger partial charge in [0.2, 0.25) is 5.91 Å². The summed E-state index contributed by atoms with van der Waals surface area (Å²) < 4.78 is 5.77. The van der Waals surface area contributed by atoms with Crippen molar-refractivity contribution < 1.29 is 19.1 Å². The maximum Gasteiger partial charge on any atom is 0.238 e. The van der Waals surface area contributed by atoms with Crippen LogP contribution in [-0.2, 0) is 10.2 Å². The summed E-state index contributed by atoms with van der Waals surface area (Å²) in [4.78, 5) is 46.1. The summed E-state index contributed by atoms with van der Waals surface area (Å²) >= 11 is 0. The number of benzene rings is 4. The Morgan fingerprint density at radius 3 is 2.30 bits per heavy atom. The summed E-state index contributed by atoms with van der Waals surface area (Å²) in [5.41, 5.74) is 3.91. The second-order valence-electron chi connectivity index (χ2n) is 11.6. The van der Waals surface area contributed by atoms with Gasteiger partial charge in [-0.1, -0.05) is 79.2 Å². The van der Waals surface area contributed by atoms with Crippen LogP contribution in [0.4, 0.5) is 5.69 Å². The standard InChI is InChI=1S/C37H32N2O4/c1-3-22-43-27-18-16-25(17-19-27)33(40)31-32(34(41)26-14-12-23(2)13-15-26)39-21-20-24-8-4-5-9-28(24)35(39)37(31)29-10-6-7-11-30(29)38-36(37)42/h4-21,31-32,35H,3,22H2,1-2H3,(H,38,42)/t31-,32-,35-,37-/m1/s1. The van der Waals surface area contributed by atoms with E-state index in [1.54, 1.807) is 24.3 Å². The number of ether oxygens (including phenoxy) is 1. The van der Waals surface area contributed by atoms with Gasteiger partial charge in [-0.3, -0.25) is 14.4 Å². The van der Waals surface area contributed by atoms with Crippen molar-refractivity contribution in [2.75, 3.05) is 11.9 Å². The van der Waals surface area contributed by atoms with Crippen LogP contribution < -0.4 is 10.1 Å². The van der Waals surface area contributed by atoms with E-state index in [2.05, 4.69) is 5.32 Å². The van der Waals surface area contributed by atoms with Crippen molar-refractivity contribution in [2.45, 2.75) is 37.8 Å². The molecule has 0 saturated carbocycles. The van der Waals surface area contributed by atoms with Gasteiger partial charge in [-0.05, 0) is 66.4 Å². The van der Waals surface area contributed by atoms with E-state index in [0.717, 1.165) is 28.7 Å². The van der Waals surface area contributed by atoms with Gasteiger partial charge in [0.05, 0.1) is 18.6 Å². The molecular weight excluding hydrogens is 536 g/mol. The van der Waals surface area contributed by atoms with Gasteiger partial charge in [-0.25, -0.2) is 0 Å². The normalized spacial score (nSPS) is 23.0. The van der Waals surface area contributed by atoms with E-state index in [-0.39, 0.29) is 17.5 Å². The van der Waals surface area contributed by atoms with E-state index >= 15 is 0 Å². The predicted octanol–water partition coefficient (Wildman–Crippen LogP) is 6.77. The Hall–Kier alpha value is -4.97. The number of aryl methyl sites for hydroxylation is 1. The number of nitrogens with zero attached hydrogens (tertiary/aromatic N) is 1. The van der Waals surface area contributed by atoms with Crippen LogP contribution in [0.2, 0.25) is 0 Å². The fraction of sp³-hybridized carbons (Fsp3) is 0.216. The van der Waals surface area contributed by atoms with Crippen LogP contribution in [0.1, 0.15) is 62.4 Å². The van der Waals surface area contributed by atoms with Gasteiger partial charge in [0, 0.05) is 23.0 Å². The van der Waals surface area contributed by atoms with Crippen molar-refractivity contribution in [3.63, 3.8) is 0 Å². The molecular formula is C37H32N2O4. The van der Waals surface area contributed by atoms with E-state index in [1.807, 2.05) is 104 Å². The lowest BCUT2D eigenvalue weighted by atomic mass is 9.62. The number of fused-ring (bicyclic) bond motifs is 6. The summed E-state index contributed by atoms with van der Waals surface area (Å²) in [7, 11) is 0. The number of carbonyl (C=O) groups excluding carboxylic acids is 3.